The molecular weight excluding hydrogens is 254 g/mol. The SMILES string of the molecule is CCCNC(C1CCC1)C12CC3CC(C)(CC(C)(C3)C1)C2. The molecule has 3 atom stereocenters. The highest BCUT2D eigenvalue weighted by molar-refractivity contribution is 5.14. The van der Waals surface area contributed by atoms with E-state index < -0.39 is 0 Å². The molecule has 1 N–H and O–H groups in total. The van der Waals surface area contributed by atoms with E-state index >= 15 is 0 Å². The van der Waals surface area contributed by atoms with Gasteiger partial charge in [-0.15, -0.1) is 0 Å². The fourth-order valence-corrected chi connectivity index (χ4v) is 7.84. The molecule has 0 saturated heterocycles. The van der Waals surface area contributed by atoms with E-state index in [0.29, 0.717) is 16.2 Å². The number of hydrogen-bond donors (Lipinski definition) is 1. The number of rotatable bonds is 5. The lowest BCUT2D eigenvalue weighted by Gasteiger charge is -2.68. The predicted molar refractivity (Wildman–Crippen MR) is 89.3 cm³/mol. The van der Waals surface area contributed by atoms with Crippen LogP contribution in [0.1, 0.15) is 85.0 Å². The zero-order chi connectivity index (χ0) is 14.7. The molecule has 0 spiro atoms. The average Bonchev–Trinajstić information content (AvgIpc) is 2.26. The van der Waals surface area contributed by atoms with Gasteiger partial charge in [0.1, 0.15) is 0 Å². The van der Waals surface area contributed by atoms with Crippen molar-refractivity contribution in [3.8, 4) is 0 Å². The summed E-state index contributed by atoms with van der Waals surface area (Å²) in [6.07, 6.45) is 15.0. The lowest BCUT2D eigenvalue weighted by molar-refractivity contribution is -0.167. The van der Waals surface area contributed by atoms with Gasteiger partial charge in [0, 0.05) is 6.04 Å². The Labute approximate surface area is 131 Å². The summed E-state index contributed by atoms with van der Waals surface area (Å²) < 4.78 is 0. The van der Waals surface area contributed by atoms with Crippen molar-refractivity contribution < 1.29 is 0 Å². The van der Waals surface area contributed by atoms with Crippen LogP contribution in [0.3, 0.4) is 0 Å². The number of nitrogens with one attached hydrogen (secondary N) is 1. The molecule has 5 rings (SSSR count). The van der Waals surface area contributed by atoms with E-state index in [1.807, 2.05) is 0 Å². The van der Waals surface area contributed by atoms with Crippen LogP contribution in [0.25, 0.3) is 0 Å². The average molecular weight is 290 g/mol. The molecule has 0 heterocycles. The van der Waals surface area contributed by atoms with Crippen LogP contribution in [0, 0.1) is 28.1 Å². The molecule has 5 aliphatic rings. The molecule has 0 aromatic heterocycles. The molecule has 0 amide bonds. The second-order valence-electron chi connectivity index (χ2n) is 10.1. The van der Waals surface area contributed by atoms with Gasteiger partial charge in [0.2, 0.25) is 0 Å². The second kappa shape index (κ2) is 4.73. The van der Waals surface area contributed by atoms with Gasteiger partial charge in [0.15, 0.2) is 0 Å². The van der Waals surface area contributed by atoms with Crippen molar-refractivity contribution in [3.05, 3.63) is 0 Å². The Hall–Kier alpha value is -0.0400. The molecular formula is C20H35N. The van der Waals surface area contributed by atoms with Crippen LogP contribution in [-0.4, -0.2) is 12.6 Å². The third-order valence-electron chi connectivity index (χ3n) is 7.56. The molecule has 4 bridgehead atoms. The van der Waals surface area contributed by atoms with Gasteiger partial charge in [-0.2, -0.15) is 0 Å². The molecule has 0 radical (unpaired) electrons. The van der Waals surface area contributed by atoms with Crippen LogP contribution >= 0.6 is 0 Å². The highest BCUT2D eigenvalue weighted by atomic mass is 15.0. The summed E-state index contributed by atoms with van der Waals surface area (Å²) >= 11 is 0. The Morgan fingerprint density at radius 1 is 1.00 bits per heavy atom. The molecule has 3 unspecified atom stereocenters. The summed E-state index contributed by atoms with van der Waals surface area (Å²) in [5.74, 6) is 2.04. The summed E-state index contributed by atoms with van der Waals surface area (Å²) in [5, 5.41) is 4.06. The molecule has 1 heteroatoms. The third-order valence-corrected chi connectivity index (χ3v) is 7.56. The maximum Gasteiger partial charge on any atom is 0.0152 e. The Bertz CT molecular complexity index is 392. The monoisotopic (exact) mass is 289 g/mol. The predicted octanol–water partition coefficient (Wildman–Crippen LogP) is 5.15. The van der Waals surface area contributed by atoms with Crippen LogP contribution in [0.15, 0.2) is 0 Å². The zero-order valence-corrected chi connectivity index (χ0v) is 14.5. The largest absolute Gasteiger partial charge is 0.313 e. The molecule has 0 aromatic rings. The van der Waals surface area contributed by atoms with Crippen molar-refractivity contribution in [2.75, 3.05) is 6.54 Å². The first-order valence-corrected chi connectivity index (χ1v) is 9.69. The van der Waals surface area contributed by atoms with Crippen LogP contribution in [0.5, 0.6) is 0 Å². The summed E-state index contributed by atoms with van der Waals surface area (Å²) in [7, 11) is 0. The normalized spacial score (nSPS) is 50.1. The highest BCUT2D eigenvalue weighted by Crippen LogP contribution is 2.71. The van der Waals surface area contributed by atoms with Crippen molar-refractivity contribution in [2.24, 2.45) is 28.1 Å². The van der Waals surface area contributed by atoms with Crippen molar-refractivity contribution in [1.82, 2.24) is 5.32 Å². The van der Waals surface area contributed by atoms with Gasteiger partial charge < -0.3 is 5.32 Å². The van der Waals surface area contributed by atoms with Gasteiger partial charge in [-0.25, -0.2) is 0 Å². The topological polar surface area (TPSA) is 12.0 Å². The highest BCUT2D eigenvalue weighted by Gasteiger charge is 2.63. The van der Waals surface area contributed by atoms with Crippen LogP contribution in [0.4, 0.5) is 0 Å². The van der Waals surface area contributed by atoms with Gasteiger partial charge in [-0.3, -0.25) is 0 Å². The van der Waals surface area contributed by atoms with Gasteiger partial charge >= 0.3 is 0 Å². The van der Waals surface area contributed by atoms with E-state index in [0.717, 1.165) is 17.9 Å². The third kappa shape index (κ3) is 2.30. The first-order valence-electron chi connectivity index (χ1n) is 9.69. The first kappa shape index (κ1) is 14.5. The Morgan fingerprint density at radius 2 is 1.67 bits per heavy atom. The van der Waals surface area contributed by atoms with Crippen molar-refractivity contribution in [3.63, 3.8) is 0 Å². The fraction of sp³-hybridized carbons (Fsp3) is 1.00. The standard InChI is InChI=1S/C20H35N/c1-4-8-21-17(16-6-5-7-16)20-11-15-9-18(2,13-20)12-19(3,10-15)14-20/h15-17,21H,4-14H2,1-3H3. The minimum Gasteiger partial charge on any atom is -0.313 e. The smallest absolute Gasteiger partial charge is 0.0152 e. The van der Waals surface area contributed by atoms with Crippen molar-refractivity contribution in [1.29, 1.82) is 0 Å². The van der Waals surface area contributed by atoms with Crippen molar-refractivity contribution >= 4 is 0 Å². The lowest BCUT2D eigenvalue weighted by Crippen LogP contribution is -2.63. The van der Waals surface area contributed by atoms with Gasteiger partial charge in [-0.1, -0.05) is 27.2 Å². The molecule has 0 aromatic carbocycles. The molecule has 5 fully saturated rings. The molecule has 5 aliphatic carbocycles. The zero-order valence-electron chi connectivity index (χ0n) is 14.5. The minimum atomic E-state index is 0.656. The summed E-state index contributed by atoms with van der Waals surface area (Å²) in [6.45, 7) is 8.82. The first-order chi connectivity index (χ1) is 9.96. The fourth-order valence-electron chi connectivity index (χ4n) is 7.84. The Kier molecular flexibility index (Phi) is 3.27. The van der Waals surface area contributed by atoms with E-state index in [4.69, 9.17) is 0 Å². The Morgan fingerprint density at radius 3 is 2.14 bits per heavy atom. The molecule has 0 aliphatic heterocycles. The summed E-state index contributed by atoms with van der Waals surface area (Å²) in [4.78, 5) is 0. The second-order valence-corrected chi connectivity index (χ2v) is 10.1. The van der Waals surface area contributed by atoms with E-state index in [1.54, 1.807) is 6.42 Å². The van der Waals surface area contributed by atoms with Gasteiger partial charge in [0.05, 0.1) is 0 Å². The summed E-state index contributed by atoms with van der Waals surface area (Å²) in [5.41, 5.74) is 2.00. The number of hydrogen-bond acceptors (Lipinski definition) is 1. The molecule has 21 heavy (non-hydrogen) atoms. The minimum absolute atomic E-state index is 0.656. The van der Waals surface area contributed by atoms with E-state index in [2.05, 4.69) is 26.1 Å². The van der Waals surface area contributed by atoms with Crippen LogP contribution in [0.2, 0.25) is 0 Å². The van der Waals surface area contributed by atoms with E-state index in [-0.39, 0.29) is 0 Å². The van der Waals surface area contributed by atoms with Crippen molar-refractivity contribution in [2.45, 2.75) is 91.0 Å². The van der Waals surface area contributed by atoms with Gasteiger partial charge in [-0.05, 0) is 92.4 Å². The molecule has 120 valence electrons. The van der Waals surface area contributed by atoms with E-state index in [1.165, 1.54) is 64.3 Å². The Balaban J connectivity index is 1.64. The summed E-state index contributed by atoms with van der Waals surface area (Å²) in [6, 6.07) is 0.841. The maximum atomic E-state index is 4.06. The maximum absolute atomic E-state index is 4.06. The molecule has 5 saturated carbocycles. The van der Waals surface area contributed by atoms with Crippen LogP contribution < -0.4 is 5.32 Å². The van der Waals surface area contributed by atoms with E-state index in [9.17, 15) is 0 Å². The van der Waals surface area contributed by atoms with Crippen LogP contribution in [-0.2, 0) is 0 Å². The lowest BCUT2D eigenvalue weighted by atomic mass is 9.38. The van der Waals surface area contributed by atoms with Gasteiger partial charge in [0.25, 0.3) is 0 Å². The molecule has 1 nitrogen and oxygen atoms in total. The quantitative estimate of drug-likeness (QED) is 0.738.